The first-order valence-corrected chi connectivity index (χ1v) is 8.32. The lowest BCUT2D eigenvalue weighted by Crippen LogP contribution is -2.46. The van der Waals surface area contributed by atoms with Gasteiger partial charge < -0.3 is 15.0 Å². The Hall–Kier alpha value is -1.75. The van der Waals surface area contributed by atoms with E-state index in [-0.39, 0.29) is 18.0 Å². The summed E-state index contributed by atoms with van der Waals surface area (Å²) in [7, 11) is 0. The number of carbonyl (C=O) groups is 2. The number of carbonyl (C=O) groups excluding carboxylic acids is 2. The fraction of sp³-hybridized carbons (Fsp3) is 0.529. The molecule has 23 heavy (non-hydrogen) atoms. The van der Waals surface area contributed by atoms with Gasteiger partial charge in [-0.15, -0.1) is 0 Å². The van der Waals surface area contributed by atoms with E-state index < -0.39 is 0 Å². The lowest BCUT2D eigenvalue weighted by molar-refractivity contribution is 0.0785. The van der Waals surface area contributed by atoms with Gasteiger partial charge in [0.1, 0.15) is 0 Å². The number of nitrogens with one attached hydrogen (secondary N) is 1. The molecule has 0 spiro atoms. The quantitative estimate of drug-likeness (QED) is 0.916. The summed E-state index contributed by atoms with van der Waals surface area (Å²) in [5.74, 6) is 0.155. The lowest BCUT2D eigenvalue weighted by Gasteiger charge is -2.32. The van der Waals surface area contributed by atoms with Crippen molar-refractivity contribution in [1.29, 1.82) is 0 Å². The molecule has 1 heterocycles. The van der Waals surface area contributed by atoms with Gasteiger partial charge in [0.2, 0.25) is 0 Å². The molecule has 1 aromatic carbocycles. The second-order valence-corrected chi connectivity index (χ2v) is 6.59. The minimum atomic E-state index is -0.269. The van der Waals surface area contributed by atoms with Crippen molar-refractivity contribution < 1.29 is 14.3 Å². The molecule has 0 unspecified atom stereocenters. The van der Waals surface area contributed by atoms with Crippen LogP contribution in [0.5, 0.6) is 0 Å². The SMILES string of the molecule is CC(C)COC(=O)N1CCC(NC(=O)c2ccccc2Cl)CC1. The topological polar surface area (TPSA) is 58.6 Å². The average Bonchev–Trinajstić information content (AvgIpc) is 2.53. The predicted molar refractivity (Wildman–Crippen MR) is 89.7 cm³/mol. The molecule has 1 aliphatic rings. The molecule has 1 aliphatic heterocycles. The van der Waals surface area contributed by atoms with Crippen LogP contribution in [0.15, 0.2) is 24.3 Å². The number of hydrogen-bond donors (Lipinski definition) is 1. The predicted octanol–water partition coefficient (Wildman–Crippen LogP) is 3.33. The molecule has 2 amide bonds. The fourth-order valence-electron chi connectivity index (χ4n) is 2.44. The van der Waals surface area contributed by atoms with Crippen molar-refractivity contribution in [1.82, 2.24) is 10.2 Å². The van der Waals surface area contributed by atoms with Crippen LogP contribution in [0.3, 0.4) is 0 Å². The van der Waals surface area contributed by atoms with Gasteiger partial charge in [0.25, 0.3) is 5.91 Å². The summed E-state index contributed by atoms with van der Waals surface area (Å²) < 4.78 is 5.23. The number of ether oxygens (including phenoxy) is 1. The van der Waals surface area contributed by atoms with E-state index in [1.165, 1.54) is 0 Å². The number of piperidine rings is 1. The van der Waals surface area contributed by atoms with Gasteiger partial charge in [0, 0.05) is 19.1 Å². The van der Waals surface area contributed by atoms with Gasteiger partial charge in [-0.1, -0.05) is 37.6 Å². The maximum atomic E-state index is 12.2. The van der Waals surface area contributed by atoms with Crippen LogP contribution < -0.4 is 5.32 Å². The summed E-state index contributed by atoms with van der Waals surface area (Å²) in [6, 6.07) is 7.03. The Bertz CT molecular complexity index is 555. The van der Waals surface area contributed by atoms with Crippen LogP contribution in [0.2, 0.25) is 5.02 Å². The van der Waals surface area contributed by atoms with Crippen molar-refractivity contribution in [3.63, 3.8) is 0 Å². The fourth-order valence-corrected chi connectivity index (χ4v) is 2.67. The monoisotopic (exact) mass is 338 g/mol. The van der Waals surface area contributed by atoms with E-state index in [0.29, 0.717) is 49.0 Å². The molecule has 1 aromatic rings. The van der Waals surface area contributed by atoms with E-state index in [2.05, 4.69) is 5.32 Å². The molecule has 0 bridgehead atoms. The molecular weight excluding hydrogens is 316 g/mol. The van der Waals surface area contributed by atoms with Gasteiger partial charge >= 0.3 is 6.09 Å². The molecule has 0 saturated carbocycles. The molecule has 0 atom stereocenters. The van der Waals surface area contributed by atoms with Crippen LogP contribution in [-0.4, -0.2) is 42.6 Å². The van der Waals surface area contributed by atoms with E-state index >= 15 is 0 Å². The zero-order valence-corrected chi connectivity index (χ0v) is 14.3. The third-order valence-electron chi connectivity index (χ3n) is 3.75. The van der Waals surface area contributed by atoms with Crippen LogP contribution in [0.4, 0.5) is 4.79 Å². The highest BCUT2D eigenvalue weighted by Gasteiger charge is 2.25. The summed E-state index contributed by atoms with van der Waals surface area (Å²) >= 11 is 6.03. The van der Waals surface area contributed by atoms with Crippen LogP contribution in [0, 0.1) is 5.92 Å². The maximum Gasteiger partial charge on any atom is 0.409 e. The average molecular weight is 339 g/mol. The first-order valence-electron chi connectivity index (χ1n) is 7.94. The van der Waals surface area contributed by atoms with Gasteiger partial charge in [-0.3, -0.25) is 4.79 Å². The number of hydrogen-bond acceptors (Lipinski definition) is 3. The Morgan fingerprint density at radius 1 is 1.30 bits per heavy atom. The highest BCUT2D eigenvalue weighted by atomic mass is 35.5. The van der Waals surface area contributed by atoms with Crippen LogP contribution >= 0.6 is 11.6 Å². The number of amides is 2. The highest BCUT2D eigenvalue weighted by Crippen LogP contribution is 2.17. The van der Waals surface area contributed by atoms with E-state index in [1.807, 2.05) is 13.8 Å². The molecule has 1 fully saturated rings. The van der Waals surface area contributed by atoms with Crippen molar-refractivity contribution in [2.75, 3.05) is 19.7 Å². The van der Waals surface area contributed by atoms with E-state index in [4.69, 9.17) is 16.3 Å². The molecule has 1 saturated heterocycles. The summed E-state index contributed by atoms with van der Waals surface area (Å²) in [5, 5.41) is 3.43. The van der Waals surface area contributed by atoms with E-state index in [0.717, 1.165) is 0 Å². The highest BCUT2D eigenvalue weighted by molar-refractivity contribution is 6.33. The summed E-state index contributed by atoms with van der Waals surface area (Å²) in [4.78, 5) is 25.8. The molecule has 2 rings (SSSR count). The zero-order valence-electron chi connectivity index (χ0n) is 13.5. The van der Waals surface area contributed by atoms with Crippen molar-refractivity contribution in [3.8, 4) is 0 Å². The van der Waals surface area contributed by atoms with Crippen molar-refractivity contribution >= 4 is 23.6 Å². The molecule has 0 radical (unpaired) electrons. The Balaban J connectivity index is 1.80. The largest absolute Gasteiger partial charge is 0.449 e. The Morgan fingerprint density at radius 3 is 2.57 bits per heavy atom. The number of benzene rings is 1. The minimum absolute atomic E-state index is 0.0490. The van der Waals surface area contributed by atoms with Crippen LogP contribution in [0.25, 0.3) is 0 Å². The van der Waals surface area contributed by atoms with E-state index in [1.54, 1.807) is 29.2 Å². The van der Waals surface area contributed by atoms with Crippen LogP contribution in [-0.2, 0) is 4.74 Å². The Morgan fingerprint density at radius 2 is 1.96 bits per heavy atom. The normalized spacial score (nSPS) is 15.6. The Labute approximate surface area is 141 Å². The first kappa shape index (κ1) is 17.6. The minimum Gasteiger partial charge on any atom is -0.449 e. The van der Waals surface area contributed by atoms with Gasteiger partial charge in [0.15, 0.2) is 0 Å². The van der Waals surface area contributed by atoms with Crippen molar-refractivity contribution in [2.45, 2.75) is 32.7 Å². The van der Waals surface area contributed by atoms with Gasteiger partial charge in [-0.05, 0) is 30.9 Å². The number of likely N-dealkylation sites (tertiary alicyclic amines) is 1. The maximum absolute atomic E-state index is 12.2. The first-order chi connectivity index (χ1) is 11.0. The Kier molecular flexibility index (Phi) is 6.28. The standard InChI is InChI=1S/C17H23ClN2O3/c1-12(2)11-23-17(22)20-9-7-13(8-10-20)19-16(21)14-5-3-4-6-15(14)18/h3-6,12-13H,7-11H2,1-2H3,(H,19,21). The third kappa shape index (κ3) is 5.13. The van der Waals surface area contributed by atoms with Crippen LogP contribution in [0.1, 0.15) is 37.0 Å². The molecule has 6 heteroatoms. The number of nitrogens with zero attached hydrogens (tertiary/aromatic N) is 1. The third-order valence-corrected chi connectivity index (χ3v) is 4.08. The second kappa shape index (κ2) is 8.20. The summed E-state index contributed by atoms with van der Waals surface area (Å²) in [6.45, 7) is 5.62. The van der Waals surface area contributed by atoms with Gasteiger partial charge in [-0.2, -0.15) is 0 Å². The second-order valence-electron chi connectivity index (χ2n) is 6.19. The molecular formula is C17H23ClN2O3. The lowest BCUT2D eigenvalue weighted by atomic mass is 10.0. The molecule has 0 aromatic heterocycles. The van der Waals surface area contributed by atoms with Crippen molar-refractivity contribution in [2.24, 2.45) is 5.92 Å². The number of rotatable bonds is 4. The molecule has 1 N–H and O–H groups in total. The number of halogens is 1. The van der Waals surface area contributed by atoms with Crippen molar-refractivity contribution in [3.05, 3.63) is 34.9 Å². The molecule has 5 nitrogen and oxygen atoms in total. The summed E-state index contributed by atoms with van der Waals surface area (Å²) in [5.41, 5.74) is 0.480. The van der Waals surface area contributed by atoms with Gasteiger partial charge in [-0.25, -0.2) is 4.79 Å². The summed E-state index contributed by atoms with van der Waals surface area (Å²) in [6.07, 6.45) is 1.16. The van der Waals surface area contributed by atoms with E-state index in [9.17, 15) is 9.59 Å². The smallest absolute Gasteiger partial charge is 0.409 e. The molecule has 126 valence electrons. The zero-order chi connectivity index (χ0) is 16.8. The molecule has 0 aliphatic carbocycles. The van der Waals surface area contributed by atoms with Gasteiger partial charge in [0.05, 0.1) is 17.2 Å².